The van der Waals surface area contributed by atoms with Crippen LogP contribution in [0.1, 0.15) is 25.3 Å². The standard InChI is InChI=1S/C21H30N4OS/c1-3-22-21(23-11-14-26-19-7-4-6-17(2)16-19)24-18-9-12-25(13-10-18)20-8-5-15-27-20/h4-8,15-16,18H,3,9-14H2,1-2H3,(H2,22,23,24). The highest BCUT2D eigenvalue weighted by Gasteiger charge is 2.20. The Labute approximate surface area is 166 Å². The second-order valence-electron chi connectivity index (χ2n) is 6.78. The second kappa shape index (κ2) is 10.2. The Kier molecular flexibility index (Phi) is 7.39. The zero-order chi connectivity index (χ0) is 18.9. The smallest absolute Gasteiger partial charge is 0.191 e. The van der Waals surface area contributed by atoms with Crippen molar-refractivity contribution < 1.29 is 4.74 Å². The number of rotatable bonds is 7. The van der Waals surface area contributed by atoms with E-state index in [9.17, 15) is 0 Å². The zero-order valence-electron chi connectivity index (χ0n) is 16.3. The summed E-state index contributed by atoms with van der Waals surface area (Å²) in [5, 5.41) is 10.5. The lowest BCUT2D eigenvalue weighted by Crippen LogP contribution is -2.48. The highest BCUT2D eigenvalue weighted by Crippen LogP contribution is 2.24. The van der Waals surface area contributed by atoms with Crippen LogP contribution in [0.5, 0.6) is 5.75 Å². The van der Waals surface area contributed by atoms with Gasteiger partial charge in [0.1, 0.15) is 12.4 Å². The molecule has 1 aliphatic heterocycles. The van der Waals surface area contributed by atoms with Gasteiger partial charge in [0.2, 0.25) is 0 Å². The second-order valence-corrected chi connectivity index (χ2v) is 7.71. The van der Waals surface area contributed by atoms with Crippen molar-refractivity contribution in [1.29, 1.82) is 0 Å². The van der Waals surface area contributed by atoms with Gasteiger partial charge in [-0.3, -0.25) is 0 Å². The molecule has 27 heavy (non-hydrogen) atoms. The number of anilines is 1. The summed E-state index contributed by atoms with van der Waals surface area (Å²) in [6, 6.07) is 12.9. The van der Waals surface area contributed by atoms with E-state index in [0.717, 1.165) is 44.2 Å². The summed E-state index contributed by atoms with van der Waals surface area (Å²) in [7, 11) is 0. The average Bonchev–Trinajstić information content (AvgIpc) is 3.21. The van der Waals surface area contributed by atoms with Crippen LogP contribution in [0.25, 0.3) is 0 Å². The van der Waals surface area contributed by atoms with Crippen LogP contribution in [0.4, 0.5) is 5.00 Å². The van der Waals surface area contributed by atoms with Crippen molar-refractivity contribution in [1.82, 2.24) is 10.6 Å². The SMILES string of the molecule is CCNC(=NCCOc1cccc(C)c1)NC1CCN(c2cccs2)CC1. The van der Waals surface area contributed by atoms with E-state index in [0.29, 0.717) is 19.2 Å². The van der Waals surface area contributed by atoms with Crippen molar-refractivity contribution in [2.24, 2.45) is 4.99 Å². The number of thiophene rings is 1. The average molecular weight is 387 g/mol. The minimum absolute atomic E-state index is 0.469. The summed E-state index contributed by atoms with van der Waals surface area (Å²) in [5.41, 5.74) is 1.21. The maximum atomic E-state index is 5.79. The van der Waals surface area contributed by atoms with Gasteiger partial charge < -0.3 is 20.3 Å². The quantitative estimate of drug-likeness (QED) is 0.433. The molecule has 2 aromatic rings. The predicted molar refractivity (Wildman–Crippen MR) is 115 cm³/mol. The molecule has 1 fully saturated rings. The monoisotopic (exact) mass is 386 g/mol. The number of nitrogens with zero attached hydrogens (tertiary/aromatic N) is 2. The van der Waals surface area contributed by atoms with Gasteiger partial charge >= 0.3 is 0 Å². The van der Waals surface area contributed by atoms with Crippen molar-refractivity contribution >= 4 is 22.3 Å². The molecule has 2 N–H and O–H groups in total. The minimum atomic E-state index is 0.469. The van der Waals surface area contributed by atoms with Gasteiger partial charge in [-0.05, 0) is 61.9 Å². The van der Waals surface area contributed by atoms with E-state index in [1.54, 1.807) is 0 Å². The topological polar surface area (TPSA) is 48.9 Å². The maximum absolute atomic E-state index is 5.79. The number of piperidine rings is 1. The van der Waals surface area contributed by atoms with Crippen LogP contribution >= 0.6 is 11.3 Å². The van der Waals surface area contributed by atoms with E-state index < -0.39 is 0 Å². The summed E-state index contributed by atoms with van der Waals surface area (Å²) in [6.45, 7) is 8.43. The first-order chi connectivity index (χ1) is 13.2. The van der Waals surface area contributed by atoms with E-state index in [1.165, 1.54) is 10.6 Å². The number of benzene rings is 1. The van der Waals surface area contributed by atoms with Crippen LogP contribution in [0, 0.1) is 6.92 Å². The summed E-state index contributed by atoms with van der Waals surface area (Å²) in [4.78, 5) is 7.15. The van der Waals surface area contributed by atoms with Crippen molar-refractivity contribution in [2.75, 3.05) is 37.7 Å². The van der Waals surface area contributed by atoms with Crippen molar-refractivity contribution in [3.05, 3.63) is 47.3 Å². The first-order valence-corrected chi connectivity index (χ1v) is 10.7. The third-order valence-electron chi connectivity index (χ3n) is 4.62. The fraction of sp³-hybridized carbons (Fsp3) is 0.476. The van der Waals surface area contributed by atoms with Gasteiger partial charge in [0, 0.05) is 25.7 Å². The lowest BCUT2D eigenvalue weighted by Gasteiger charge is -2.33. The number of nitrogens with one attached hydrogen (secondary N) is 2. The van der Waals surface area contributed by atoms with E-state index >= 15 is 0 Å². The number of aryl methyl sites for hydroxylation is 1. The number of ether oxygens (including phenoxy) is 1. The Morgan fingerprint density at radius 1 is 1.26 bits per heavy atom. The normalized spacial score (nSPS) is 15.6. The summed E-state index contributed by atoms with van der Waals surface area (Å²) < 4.78 is 5.79. The number of aliphatic imine (C=N–C) groups is 1. The Morgan fingerprint density at radius 2 is 2.11 bits per heavy atom. The third-order valence-corrected chi connectivity index (χ3v) is 5.55. The third kappa shape index (κ3) is 6.17. The summed E-state index contributed by atoms with van der Waals surface area (Å²) >= 11 is 1.82. The number of hydrogen-bond acceptors (Lipinski definition) is 4. The van der Waals surface area contributed by atoms with Gasteiger partial charge in [-0.25, -0.2) is 4.99 Å². The zero-order valence-corrected chi connectivity index (χ0v) is 17.1. The molecule has 1 aromatic carbocycles. The first kappa shape index (κ1) is 19.5. The molecule has 0 amide bonds. The molecule has 0 spiro atoms. The lowest BCUT2D eigenvalue weighted by atomic mass is 10.1. The minimum Gasteiger partial charge on any atom is -0.492 e. The van der Waals surface area contributed by atoms with Gasteiger partial charge in [0.05, 0.1) is 11.5 Å². The van der Waals surface area contributed by atoms with E-state index in [2.05, 4.69) is 64.0 Å². The van der Waals surface area contributed by atoms with Crippen LogP contribution < -0.4 is 20.3 Å². The molecule has 6 heteroatoms. The van der Waals surface area contributed by atoms with E-state index in [1.807, 2.05) is 23.5 Å². The van der Waals surface area contributed by atoms with Crippen molar-refractivity contribution in [3.8, 4) is 5.75 Å². The van der Waals surface area contributed by atoms with Gasteiger partial charge in [0.15, 0.2) is 5.96 Å². The largest absolute Gasteiger partial charge is 0.492 e. The van der Waals surface area contributed by atoms with Crippen molar-refractivity contribution in [2.45, 2.75) is 32.7 Å². The highest BCUT2D eigenvalue weighted by molar-refractivity contribution is 7.14. The van der Waals surface area contributed by atoms with Crippen LogP contribution in [-0.2, 0) is 0 Å². The fourth-order valence-electron chi connectivity index (χ4n) is 3.23. The van der Waals surface area contributed by atoms with Crippen LogP contribution in [0.2, 0.25) is 0 Å². The molecule has 3 rings (SSSR count). The fourth-order valence-corrected chi connectivity index (χ4v) is 4.02. The molecule has 0 atom stereocenters. The van der Waals surface area contributed by atoms with Crippen LogP contribution in [0.3, 0.4) is 0 Å². The molecule has 1 saturated heterocycles. The summed E-state index contributed by atoms with van der Waals surface area (Å²) in [6.07, 6.45) is 2.25. The Balaban J connectivity index is 1.43. The maximum Gasteiger partial charge on any atom is 0.191 e. The van der Waals surface area contributed by atoms with Crippen LogP contribution in [-0.4, -0.2) is 44.8 Å². The van der Waals surface area contributed by atoms with Gasteiger partial charge in [-0.15, -0.1) is 11.3 Å². The molecule has 5 nitrogen and oxygen atoms in total. The number of guanidine groups is 1. The summed E-state index contributed by atoms with van der Waals surface area (Å²) in [5.74, 6) is 1.80. The Hall–Kier alpha value is -2.21. The molecule has 0 bridgehead atoms. The van der Waals surface area contributed by atoms with Crippen LogP contribution in [0.15, 0.2) is 46.8 Å². The lowest BCUT2D eigenvalue weighted by molar-refractivity contribution is 0.328. The molecule has 0 radical (unpaired) electrons. The molecule has 0 aliphatic carbocycles. The van der Waals surface area contributed by atoms with E-state index in [-0.39, 0.29) is 0 Å². The first-order valence-electron chi connectivity index (χ1n) is 9.77. The molecule has 2 heterocycles. The van der Waals surface area contributed by atoms with Gasteiger partial charge in [0.25, 0.3) is 0 Å². The molecule has 1 aliphatic rings. The van der Waals surface area contributed by atoms with Gasteiger partial charge in [-0.2, -0.15) is 0 Å². The van der Waals surface area contributed by atoms with Gasteiger partial charge in [-0.1, -0.05) is 12.1 Å². The molecule has 146 valence electrons. The number of hydrogen-bond donors (Lipinski definition) is 2. The molecular weight excluding hydrogens is 356 g/mol. The Bertz CT molecular complexity index is 709. The predicted octanol–water partition coefficient (Wildman–Crippen LogP) is 3.66. The molecular formula is C21H30N4OS. The molecule has 1 aromatic heterocycles. The van der Waals surface area contributed by atoms with Crippen molar-refractivity contribution in [3.63, 3.8) is 0 Å². The highest BCUT2D eigenvalue weighted by atomic mass is 32.1. The molecule has 0 unspecified atom stereocenters. The Morgan fingerprint density at radius 3 is 2.81 bits per heavy atom. The molecule has 0 saturated carbocycles. The van der Waals surface area contributed by atoms with E-state index in [4.69, 9.17) is 4.74 Å².